The van der Waals surface area contributed by atoms with E-state index in [1.165, 1.54) is 5.56 Å². The van der Waals surface area contributed by atoms with Crippen LogP contribution in [0.2, 0.25) is 0 Å². The third-order valence-corrected chi connectivity index (χ3v) is 2.40. The van der Waals surface area contributed by atoms with E-state index in [1.54, 1.807) is 0 Å². The minimum atomic E-state index is -0.786. The molecule has 1 aromatic carbocycles. The molecule has 0 saturated heterocycles. The Morgan fingerprint density at radius 2 is 1.94 bits per heavy atom. The molecule has 0 bridgehead atoms. The predicted octanol–water partition coefficient (Wildman–Crippen LogP) is 1.82. The largest absolute Gasteiger partial charge is 0.494 e. The van der Waals surface area contributed by atoms with Crippen LogP contribution in [0.1, 0.15) is 24.8 Å². The van der Waals surface area contributed by atoms with Crippen molar-refractivity contribution in [2.24, 2.45) is 5.73 Å². The van der Waals surface area contributed by atoms with Gasteiger partial charge in [0.1, 0.15) is 5.75 Å². The molecule has 17 heavy (non-hydrogen) atoms. The molecule has 0 saturated carbocycles. The van der Waals surface area contributed by atoms with E-state index in [4.69, 9.17) is 15.6 Å². The third kappa shape index (κ3) is 5.92. The smallest absolute Gasteiger partial charge is 0.303 e. The van der Waals surface area contributed by atoms with Crippen LogP contribution in [0.15, 0.2) is 24.3 Å². The summed E-state index contributed by atoms with van der Waals surface area (Å²) in [5, 5.41) is 8.46. The maximum absolute atomic E-state index is 10.3. The number of carboxylic acids is 1. The Balaban J connectivity index is 2.27. The fraction of sp³-hybridized carbons (Fsp3) is 0.462. The zero-order chi connectivity index (χ0) is 12.5. The molecule has 0 atom stereocenters. The van der Waals surface area contributed by atoms with E-state index in [1.807, 2.05) is 24.3 Å². The Labute approximate surface area is 101 Å². The standard InChI is InChI=1S/C13H19NO3/c14-9-1-3-11-5-7-12(8-6-11)17-10-2-4-13(15)16/h5-8H,1-4,9-10,14H2,(H,15,16). The summed E-state index contributed by atoms with van der Waals surface area (Å²) in [6.07, 6.45) is 2.65. The summed E-state index contributed by atoms with van der Waals surface area (Å²) in [7, 11) is 0. The number of hydrogen-bond acceptors (Lipinski definition) is 3. The molecular weight excluding hydrogens is 218 g/mol. The van der Waals surface area contributed by atoms with Crippen LogP contribution in [0.4, 0.5) is 0 Å². The molecule has 1 aromatic rings. The summed E-state index contributed by atoms with van der Waals surface area (Å²) in [4.78, 5) is 10.3. The van der Waals surface area contributed by atoms with E-state index in [-0.39, 0.29) is 6.42 Å². The Morgan fingerprint density at radius 1 is 1.24 bits per heavy atom. The van der Waals surface area contributed by atoms with E-state index < -0.39 is 5.97 Å². The molecule has 0 aliphatic heterocycles. The number of hydrogen-bond donors (Lipinski definition) is 2. The molecule has 1 rings (SSSR count). The molecule has 0 aromatic heterocycles. The van der Waals surface area contributed by atoms with Crippen molar-refractivity contribution in [2.75, 3.05) is 13.2 Å². The highest BCUT2D eigenvalue weighted by atomic mass is 16.5. The van der Waals surface area contributed by atoms with Gasteiger partial charge in [-0.2, -0.15) is 0 Å². The average Bonchev–Trinajstić information content (AvgIpc) is 2.33. The normalized spacial score (nSPS) is 10.2. The maximum Gasteiger partial charge on any atom is 0.303 e. The third-order valence-electron chi connectivity index (χ3n) is 2.40. The van der Waals surface area contributed by atoms with Gasteiger partial charge in [0.05, 0.1) is 6.61 Å². The first-order valence-corrected chi connectivity index (χ1v) is 5.86. The summed E-state index contributed by atoms with van der Waals surface area (Å²) in [6, 6.07) is 7.85. The zero-order valence-corrected chi connectivity index (χ0v) is 9.89. The molecule has 4 nitrogen and oxygen atoms in total. The van der Waals surface area contributed by atoms with Crippen molar-refractivity contribution in [3.8, 4) is 5.75 Å². The number of nitrogens with two attached hydrogens (primary N) is 1. The maximum atomic E-state index is 10.3. The van der Waals surface area contributed by atoms with Crippen LogP contribution >= 0.6 is 0 Å². The SMILES string of the molecule is NCCCc1ccc(OCCCC(=O)O)cc1. The molecule has 4 heteroatoms. The van der Waals surface area contributed by atoms with Gasteiger partial charge in [0.2, 0.25) is 0 Å². The lowest BCUT2D eigenvalue weighted by Crippen LogP contribution is -2.02. The molecule has 0 fully saturated rings. The molecule has 0 aliphatic carbocycles. The number of benzene rings is 1. The van der Waals surface area contributed by atoms with Gasteiger partial charge in [-0.25, -0.2) is 0 Å². The Morgan fingerprint density at radius 3 is 2.53 bits per heavy atom. The number of carboxylic acid groups (broad SMARTS) is 1. The Hall–Kier alpha value is -1.55. The molecule has 0 spiro atoms. The molecule has 0 heterocycles. The van der Waals surface area contributed by atoms with Gasteiger partial charge in [-0.15, -0.1) is 0 Å². The summed E-state index contributed by atoms with van der Waals surface area (Å²) >= 11 is 0. The van der Waals surface area contributed by atoms with E-state index in [2.05, 4.69) is 0 Å². The van der Waals surface area contributed by atoms with Crippen molar-refractivity contribution in [1.29, 1.82) is 0 Å². The van der Waals surface area contributed by atoms with Crippen molar-refractivity contribution >= 4 is 5.97 Å². The minimum absolute atomic E-state index is 0.147. The molecule has 94 valence electrons. The van der Waals surface area contributed by atoms with Gasteiger partial charge in [0, 0.05) is 6.42 Å². The first kappa shape index (κ1) is 13.5. The number of carbonyl (C=O) groups is 1. The minimum Gasteiger partial charge on any atom is -0.494 e. The highest BCUT2D eigenvalue weighted by Crippen LogP contribution is 2.13. The molecule has 0 aliphatic rings. The highest BCUT2D eigenvalue weighted by Gasteiger charge is 1.98. The topological polar surface area (TPSA) is 72.5 Å². The van der Waals surface area contributed by atoms with Gasteiger partial charge < -0.3 is 15.6 Å². The van der Waals surface area contributed by atoms with Gasteiger partial charge in [0.15, 0.2) is 0 Å². The van der Waals surface area contributed by atoms with E-state index in [0.29, 0.717) is 19.6 Å². The van der Waals surface area contributed by atoms with Gasteiger partial charge in [-0.05, 0) is 43.5 Å². The van der Waals surface area contributed by atoms with Gasteiger partial charge >= 0.3 is 5.97 Å². The van der Waals surface area contributed by atoms with Crippen LogP contribution in [0.3, 0.4) is 0 Å². The number of aryl methyl sites for hydroxylation is 1. The zero-order valence-electron chi connectivity index (χ0n) is 9.89. The van der Waals surface area contributed by atoms with Crippen molar-refractivity contribution in [1.82, 2.24) is 0 Å². The van der Waals surface area contributed by atoms with Crippen LogP contribution in [-0.2, 0) is 11.2 Å². The molecule has 0 unspecified atom stereocenters. The van der Waals surface area contributed by atoms with Crippen LogP contribution in [0.25, 0.3) is 0 Å². The second-order valence-electron chi connectivity index (χ2n) is 3.88. The lowest BCUT2D eigenvalue weighted by Gasteiger charge is -2.06. The molecule has 0 radical (unpaired) electrons. The first-order valence-electron chi connectivity index (χ1n) is 5.86. The van der Waals surface area contributed by atoms with Gasteiger partial charge in [0.25, 0.3) is 0 Å². The van der Waals surface area contributed by atoms with Crippen LogP contribution in [0, 0.1) is 0 Å². The lowest BCUT2D eigenvalue weighted by molar-refractivity contribution is -0.137. The summed E-state index contributed by atoms with van der Waals surface area (Å²) in [6.45, 7) is 1.14. The van der Waals surface area contributed by atoms with Gasteiger partial charge in [-0.1, -0.05) is 12.1 Å². The lowest BCUT2D eigenvalue weighted by atomic mass is 10.1. The summed E-state index contributed by atoms with van der Waals surface area (Å²) in [5.74, 6) is -0.00220. The van der Waals surface area contributed by atoms with Crippen molar-refractivity contribution in [2.45, 2.75) is 25.7 Å². The van der Waals surface area contributed by atoms with Crippen molar-refractivity contribution in [3.05, 3.63) is 29.8 Å². The van der Waals surface area contributed by atoms with Crippen molar-refractivity contribution < 1.29 is 14.6 Å². The van der Waals surface area contributed by atoms with E-state index in [9.17, 15) is 4.79 Å². The number of aliphatic carboxylic acids is 1. The first-order chi connectivity index (χ1) is 8.22. The molecular formula is C13H19NO3. The van der Waals surface area contributed by atoms with E-state index >= 15 is 0 Å². The average molecular weight is 237 g/mol. The second kappa shape index (κ2) is 7.68. The second-order valence-corrected chi connectivity index (χ2v) is 3.88. The van der Waals surface area contributed by atoms with Crippen LogP contribution in [-0.4, -0.2) is 24.2 Å². The molecule has 0 amide bonds. The van der Waals surface area contributed by atoms with Crippen LogP contribution < -0.4 is 10.5 Å². The monoisotopic (exact) mass is 237 g/mol. The van der Waals surface area contributed by atoms with Crippen molar-refractivity contribution in [3.63, 3.8) is 0 Å². The Bertz CT molecular complexity index is 335. The quantitative estimate of drug-likeness (QED) is 0.676. The number of ether oxygens (including phenoxy) is 1. The van der Waals surface area contributed by atoms with Gasteiger partial charge in [-0.3, -0.25) is 4.79 Å². The summed E-state index contributed by atoms with van der Waals surface area (Å²) in [5.41, 5.74) is 6.68. The molecule has 3 N–H and O–H groups in total. The highest BCUT2D eigenvalue weighted by molar-refractivity contribution is 5.66. The fourth-order valence-electron chi connectivity index (χ4n) is 1.47. The Kier molecular flexibility index (Phi) is 6.10. The van der Waals surface area contributed by atoms with E-state index in [0.717, 1.165) is 18.6 Å². The van der Waals surface area contributed by atoms with Crippen LogP contribution in [0.5, 0.6) is 5.75 Å². The fourth-order valence-corrected chi connectivity index (χ4v) is 1.47. The number of rotatable bonds is 8. The predicted molar refractivity (Wildman–Crippen MR) is 66.2 cm³/mol. The summed E-state index contributed by atoms with van der Waals surface area (Å²) < 4.78 is 5.43.